The molecule has 0 aromatic heterocycles. The van der Waals surface area contributed by atoms with Crippen LogP contribution >= 0.6 is 0 Å². The number of fused-ring (bicyclic) bond motifs is 1. The van der Waals surface area contributed by atoms with Crippen LogP contribution in [0.2, 0.25) is 0 Å². The van der Waals surface area contributed by atoms with Crippen molar-refractivity contribution >= 4 is 0 Å². The summed E-state index contributed by atoms with van der Waals surface area (Å²) in [6, 6.07) is 11.4. The van der Waals surface area contributed by atoms with Crippen LogP contribution < -0.4 is 9.47 Å². The first-order valence-corrected chi connectivity index (χ1v) is 14.5. The third kappa shape index (κ3) is 6.04. The van der Waals surface area contributed by atoms with Crippen LogP contribution in [0.3, 0.4) is 0 Å². The summed E-state index contributed by atoms with van der Waals surface area (Å²) >= 11 is 0. The van der Waals surface area contributed by atoms with Crippen molar-refractivity contribution in [3.8, 4) is 11.5 Å². The Morgan fingerprint density at radius 1 is 0.730 bits per heavy atom. The second kappa shape index (κ2) is 12.0. The third-order valence-corrected chi connectivity index (χ3v) is 9.63. The zero-order valence-corrected chi connectivity index (χ0v) is 22.3. The highest BCUT2D eigenvalue weighted by atomic mass is 19.2. The number of ether oxygens (including phenoxy) is 2. The van der Waals surface area contributed by atoms with Crippen molar-refractivity contribution in [1.29, 1.82) is 0 Å². The van der Waals surface area contributed by atoms with Crippen LogP contribution in [0.25, 0.3) is 0 Å². The van der Waals surface area contributed by atoms with E-state index in [0.29, 0.717) is 5.92 Å². The minimum Gasteiger partial charge on any atom is -0.491 e. The number of hydrogen-bond acceptors (Lipinski definition) is 2. The molecule has 0 N–H and O–H groups in total. The van der Waals surface area contributed by atoms with E-state index in [1.807, 2.05) is 0 Å². The van der Waals surface area contributed by atoms with Gasteiger partial charge in [0.15, 0.2) is 11.5 Å². The molecule has 4 atom stereocenters. The average Bonchev–Trinajstić information content (AvgIpc) is 2.95. The van der Waals surface area contributed by atoms with E-state index in [-0.39, 0.29) is 24.7 Å². The molecule has 4 unspecified atom stereocenters. The summed E-state index contributed by atoms with van der Waals surface area (Å²) in [6.07, 6.45) is 16.0. The van der Waals surface area contributed by atoms with Crippen molar-refractivity contribution in [2.45, 2.75) is 83.7 Å². The second-order valence-electron chi connectivity index (χ2n) is 11.7. The highest BCUT2D eigenvalue weighted by Gasteiger charge is 2.38. The zero-order valence-electron chi connectivity index (χ0n) is 22.3. The van der Waals surface area contributed by atoms with E-state index in [2.05, 4.69) is 36.9 Å². The van der Waals surface area contributed by atoms with Gasteiger partial charge >= 0.3 is 0 Å². The maximum atomic E-state index is 14.3. The average molecular weight is 509 g/mol. The molecule has 0 bridgehead atoms. The van der Waals surface area contributed by atoms with Crippen molar-refractivity contribution in [2.75, 3.05) is 6.61 Å². The quantitative estimate of drug-likeness (QED) is 0.331. The summed E-state index contributed by atoms with van der Waals surface area (Å²) in [6.45, 7) is 6.23. The number of halogens is 2. The Kier molecular flexibility index (Phi) is 8.52. The highest BCUT2D eigenvalue weighted by molar-refractivity contribution is 5.35. The van der Waals surface area contributed by atoms with Gasteiger partial charge in [0.1, 0.15) is 6.61 Å². The molecule has 0 radical (unpaired) electrons. The van der Waals surface area contributed by atoms with Crippen LogP contribution in [0, 0.1) is 41.2 Å². The summed E-state index contributed by atoms with van der Waals surface area (Å²) in [7, 11) is 0. The van der Waals surface area contributed by atoms with Gasteiger partial charge < -0.3 is 9.47 Å². The van der Waals surface area contributed by atoms with Crippen molar-refractivity contribution < 1.29 is 18.3 Å². The van der Waals surface area contributed by atoms with Gasteiger partial charge in [0, 0.05) is 0 Å². The van der Waals surface area contributed by atoms with Gasteiger partial charge in [-0.05, 0) is 130 Å². The molecule has 4 heteroatoms. The van der Waals surface area contributed by atoms with Crippen molar-refractivity contribution in [3.05, 3.63) is 71.8 Å². The lowest BCUT2D eigenvalue weighted by molar-refractivity contribution is 0.0748. The first-order chi connectivity index (χ1) is 18.1. The minimum atomic E-state index is -1.00. The smallest absolute Gasteiger partial charge is 0.204 e. The van der Waals surface area contributed by atoms with Gasteiger partial charge in [-0.1, -0.05) is 30.3 Å². The standard InChI is InChI=1S/C33H42F2O2/c1-3-22-5-9-24(10-6-22)26-13-15-29-20-27(14-16-28(29)19-26)25-11-7-23(8-12-25)21-37-31-18-17-30(36-4-2)32(34)33(31)35/h3,7-8,11-12,17-18,22,24,26-29H,1,4-6,9-10,13-16,19-21H2,2H3. The molecule has 3 fully saturated rings. The largest absolute Gasteiger partial charge is 0.491 e. The molecule has 0 amide bonds. The van der Waals surface area contributed by atoms with E-state index >= 15 is 0 Å². The summed E-state index contributed by atoms with van der Waals surface area (Å²) in [4.78, 5) is 0. The van der Waals surface area contributed by atoms with Crippen LogP contribution in [0.1, 0.15) is 88.2 Å². The molecule has 0 spiro atoms. The topological polar surface area (TPSA) is 18.5 Å². The van der Waals surface area contributed by atoms with E-state index < -0.39 is 11.6 Å². The Bertz CT molecular complexity index is 1040. The fraction of sp³-hybridized carbons (Fsp3) is 0.576. The summed E-state index contributed by atoms with van der Waals surface area (Å²) in [5.74, 6) is 2.92. The first kappa shape index (κ1) is 26.3. The molecule has 3 saturated carbocycles. The van der Waals surface area contributed by atoms with Gasteiger partial charge in [0.05, 0.1) is 6.61 Å². The van der Waals surface area contributed by atoms with Crippen molar-refractivity contribution in [1.82, 2.24) is 0 Å². The predicted octanol–water partition coefficient (Wildman–Crippen LogP) is 9.23. The summed E-state index contributed by atoms with van der Waals surface area (Å²) in [5, 5.41) is 0. The maximum absolute atomic E-state index is 14.3. The molecule has 0 heterocycles. The van der Waals surface area contributed by atoms with Crippen LogP contribution in [0.4, 0.5) is 8.78 Å². The van der Waals surface area contributed by atoms with Crippen LogP contribution in [0.15, 0.2) is 49.1 Å². The molecular weight excluding hydrogens is 466 g/mol. The fourth-order valence-electron chi connectivity index (χ4n) is 7.45. The predicted molar refractivity (Wildman–Crippen MR) is 145 cm³/mol. The molecule has 2 nitrogen and oxygen atoms in total. The van der Waals surface area contributed by atoms with Gasteiger partial charge in [-0.2, -0.15) is 8.78 Å². The van der Waals surface area contributed by atoms with E-state index in [0.717, 1.165) is 35.2 Å². The molecule has 3 aliphatic carbocycles. The molecular formula is C33H42F2O2. The molecule has 0 saturated heterocycles. The third-order valence-electron chi connectivity index (χ3n) is 9.63. The minimum absolute atomic E-state index is 0.0874. The maximum Gasteiger partial charge on any atom is 0.204 e. The normalized spacial score (nSPS) is 29.8. The van der Waals surface area contributed by atoms with Crippen LogP contribution in [-0.2, 0) is 6.61 Å². The van der Waals surface area contributed by atoms with Gasteiger partial charge in [0.2, 0.25) is 11.6 Å². The van der Waals surface area contributed by atoms with Crippen LogP contribution in [-0.4, -0.2) is 6.61 Å². The zero-order chi connectivity index (χ0) is 25.8. The molecule has 0 aliphatic heterocycles. The van der Waals surface area contributed by atoms with E-state index in [9.17, 15) is 8.78 Å². The van der Waals surface area contributed by atoms with E-state index in [1.54, 1.807) is 6.92 Å². The van der Waals surface area contributed by atoms with Gasteiger partial charge in [-0.25, -0.2) is 0 Å². The Morgan fingerprint density at radius 3 is 1.95 bits per heavy atom. The van der Waals surface area contributed by atoms with E-state index in [4.69, 9.17) is 9.47 Å². The van der Waals surface area contributed by atoms with Gasteiger partial charge in [-0.3, -0.25) is 0 Å². The lowest BCUT2D eigenvalue weighted by atomic mass is 9.60. The number of rotatable bonds is 8. The molecule has 3 aliphatic rings. The van der Waals surface area contributed by atoms with Gasteiger partial charge in [0.25, 0.3) is 0 Å². The molecule has 2 aromatic carbocycles. The Hall–Kier alpha value is -2.36. The van der Waals surface area contributed by atoms with Crippen molar-refractivity contribution in [2.24, 2.45) is 29.6 Å². The summed E-state index contributed by atoms with van der Waals surface area (Å²) < 4.78 is 39.1. The summed E-state index contributed by atoms with van der Waals surface area (Å²) in [5.41, 5.74) is 2.36. The van der Waals surface area contributed by atoms with E-state index in [1.165, 1.54) is 81.9 Å². The lowest BCUT2D eigenvalue weighted by Crippen LogP contribution is -2.34. The number of allylic oxidation sites excluding steroid dienone is 1. The fourth-order valence-corrected chi connectivity index (χ4v) is 7.45. The Balaban J connectivity index is 1.12. The number of hydrogen-bond donors (Lipinski definition) is 0. The van der Waals surface area contributed by atoms with Crippen LogP contribution in [0.5, 0.6) is 11.5 Å². The highest BCUT2D eigenvalue weighted by Crippen LogP contribution is 2.50. The molecule has 37 heavy (non-hydrogen) atoms. The lowest BCUT2D eigenvalue weighted by Gasteiger charge is -2.45. The Labute approximate surface area is 221 Å². The monoisotopic (exact) mass is 508 g/mol. The Morgan fingerprint density at radius 2 is 1.30 bits per heavy atom. The SMILES string of the molecule is C=CC1CCC(C2CCC3CC(c4ccc(COc5ccc(OCC)c(F)c5F)cc4)CCC3C2)CC1. The number of benzene rings is 2. The molecule has 5 rings (SSSR count). The van der Waals surface area contributed by atoms with Gasteiger partial charge in [-0.15, -0.1) is 6.58 Å². The second-order valence-corrected chi connectivity index (χ2v) is 11.7. The first-order valence-electron chi connectivity index (χ1n) is 14.5. The van der Waals surface area contributed by atoms with Crippen molar-refractivity contribution in [3.63, 3.8) is 0 Å². The molecule has 2 aromatic rings. The molecule has 200 valence electrons.